The molecule has 0 amide bonds. The summed E-state index contributed by atoms with van der Waals surface area (Å²) in [5.41, 5.74) is 1.89. The van der Waals surface area contributed by atoms with Crippen molar-refractivity contribution in [2.75, 3.05) is 11.9 Å². The minimum atomic E-state index is -0.822. The van der Waals surface area contributed by atoms with Crippen molar-refractivity contribution in [1.82, 2.24) is 0 Å². The summed E-state index contributed by atoms with van der Waals surface area (Å²) in [4.78, 5) is 22.6. The Morgan fingerprint density at radius 1 is 1.25 bits per heavy atom. The number of carboxylic acid groups (broad SMARTS) is 1. The number of carbonyl (C=O) groups excluding carboxylic acids is 1. The quantitative estimate of drug-likeness (QED) is 0.782. The summed E-state index contributed by atoms with van der Waals surface area (Å²) in [6, 6.07) is 7.30. The number of hydrogen-bond donors (Lipinski definition) is 2. The van der Waals surface area contributed by atoms with Crippen molar-refractivity contribution in [3.63, 3.8) is 0 Å². The van der Waals surface area contributed by atoms with E-state index in [1.54, 1.807) is 0 Å². The normalized spacial score (nSPS) is 17.3. The number of carboxylic acids is 1. The lowest BCUT2D eigenvalue weighted by Gasteiger charge is -2.41. The molecule has 108 valence electrons. The van der Waals surface area contributed by atoms with Crippen LogP contribution in [0.3, 0.4) is 0 Å². The van der Waals surface area contributed by atoms with Gasteiger partial charge in [0.05, 0.1) is 6.42 Å². The predicted molar refractivity (Wildman–Crippen MR) is 78.0 cm³/mol. The molecule has 4 nitrogen and oxygen atoms in total. The maximum Gasteiger partial charge on any atom is 0.305 e. The van der Waals surface area contributed by atoms with Gasteiger partial charge in [0.25, 0.3) is 0 Å². The van der Waals surface area contributed by atoms with E-state index in [0.717, 1.165) is 24.1 Å². The summed E-state index contributed by atoms with van der Waals surface area (Å²) in [5.74, 6) is -0.436. The lowest BCUT2D eigenvalue weighted by Crippen LogP contribution is -2.36. The zero-order chi connectivity index (χ0) is 14.8. The van der Waals surface area contributed by atoms with Gasteiger partial charge in [-0.3, -0.25) is 9.59 Å². The third-order valence-corrected chi connectivity index (χ3v) is 3.81. The van der Waals surface area contributed by atoms with Crippen molar-refractivity contribution in [3.8, 4) is 0 Å². The second-order valence-electron chi connectivity index (χ2n) is 6.28. The fraction of sp³-hybridized carbons (Fsp3) is 0.500. The molecule has 0 atom stereocenters. The summed E-state index contributed by atoms with van der Waals surface area (Å²) in [5, 5.41) is 11.6. The van der Waals surface area contributed by atoms with E-state index in [0.29, 0.717) is 12.0 Å². The van der Waals surface area contributed by atoms with E-state index in [4.69, 9.17) is 5.11 Å². The molecule has 1 aliphatic rings. The van der Waals surface area contributed by atoms with Crippen LogP contribution in [0, 0.1) is 11.3 Å². The van der Waals surface area contributed by atoms with Crippen molar-refractivity contribution in [3.05, 3.63) is 29.8 Å². The zero-order valence-corrected chi connectivity index (χ0v) is 12.0. The van der Waals surface area contributed by atoms with Crippen molar-refractivity contribution in [1.29, 1.82) is 0 Å². The van der Waals surface area contributed by atoms with Crippen LogP contribution in [0.1, 0.15) is 43.5 Å². The molecule has 0 saturated heterocycles. The van der Waals surface area contributed by atoms with E-state index < -0.39 is 5.97 Å². The minimum absolute atomic E-state index is 0.0812. The second kappa shape index (κ2) is 5.65. The Morgan fingerprint density at radius 3 is 2.35 bits per heavy atom. The molecular weight excluding hydrogens is 254 g/mol. The molecule has 0 aliphatic heterocycles. The van der Waals surface area contributed by atoms with Gasteiger partial charge in [-0.25, -0.2) is 0 Å². The highest BCUT2D eigenvalue weighted by Gasteiger charge is 2.40. The molecule has 0 unspecified atom stereocenters. The van der Waals surface area contributed by atoms with E-state index in [1.165, 1.54) is 0 Å². The van der Waals surface area contributed by atoms with Gasteiger partial charge >= 0.3 is 5.97 Å². The Kier molecular flexibility index (Phi) is 4.12. The van der Waals surface area contributed by atoms with E-state index in [2.05, 4.69) is 19.2 Å². The maximum atomic E-state index is 12.2. The molecule has 1 aromatic carbocycles. The van der Waals surface area contributed by atoms with Crippen LogP contribution in [0.25, 0.3) is 0 Å². The lowest BCUT2D eigenvalue weighted by atomic mass is 9.62. The first-order valence-electron chi connectivity index (χ1n) is 6.97. The zero-order valence-electron chi connectivity index (χ0n) is 12.0. The van der Waals surface area contributed by atoms with Crippen molar-refractivity contribution in [2.45, 2.75) is 33.1 Å². The van der Waals surface area contributed by atoms with Crippen LogP contribution < -0.4 is 5.32 Å². The highest BCUT2D eigenvalue weighted by atomic mass is 16.4. The molecule has 1 aliphatic carbocycles. The molecular formula is C16H21NO3. The van der Waals surface area contributed by atoms with Crippen molar-refractivity contribution in [2.24, 2.45) is 11.3 Å². The van der Waals surface area contributed by atoms with Crippen LogP contribution in [0.5, 0.6) is 0 Å². The largest absolute Gasteiger partial charge is 0.481 e. The molecule has 0 aromatic heterocycles. The Balaban J connectivity index is 1.88. The van der Waals surface area contributed by atoms with Gasteiger partial charge in [-0.05, 0) is 42.5 Å². The number of Topliss-reactive ketones (excluding diaryl/α,β-unsaturated/α-hetero) is 1. The molecule has 0 bridgehead atoms. The molecule has 1 aromatic rings. The summed E-state index contributed by atoms with van der Waals surface area (Å²) in [7, 11) is 0. The highest BCUT2D eigenvalue weighted by molar-refractivity contribution is 5.98. The fourth-order valence-corrected chi connectivity index (χ4v) is 2.76. The molecule has 0 radical (unpaired) electrons. The van der Waals surface area contributed by atoms with E-state index in [9.17, 15) is 9.59 Å². The van der Waals surface area contributed by atoms with Crippen LogP contribution in [0.4, 0.5) is 5.69 Å². The monoisotopic (exact) mass is 275 g/mol. The first kappa shape index (κ1) is 14.6. The molecule has 2 N–H and O–H groups in total. The van der Waals surface area contributed by atoms with Gasteiger partial charge in [-0.2, -0.15) is 0 Å². The van der Waals surface area contributed by atoms with E-state index >= 15 is 0 Å². The molecule has 0 heterocycles. The van der Waals surface area contributed by atoms with Crippen LogP contribution in [-0.4, -0.2) is 23.4 Å². The Hall–Kier alpha value is -1.84. The maximum absolute atomic E-state index is 12.2. The molecule has 1 saturated carbocycles. The number of ketones is 1. The van der Waals surface area contributed by atoms with E-state index in [1.807, 2.05) is 24.3 Å². The number of carbonyl (C=O) groups is 2. The van der Waals surface area contributed by atoms with Gasteiger partial charge in [0.15, 0.2) is 5.78 Å². The Morgan fingerprint density at radius 2 is 1.85 bits per heavy atom. The average molecular weight is 275 g/mol. The second-order valence-corrected chi connectivity index (χ2v) is 6.28. The number of benzene rings is 1. The first-order valence-corrected chi connectivity index (χ1v) is 6.97. The Labute approximate surface area is 119 Å². The smallest absolute Gasteiger partial charge is 0.305 e. The van der Waals surface area contributed by atoms with Crippen molar-refractivity contribution < 1.29 is 14.7 Å². The number of nitrogens with one attached hydrogen (secondary N) is 1. The van der Waals surface area contributed by atoms with Crippen LogP contribution in [-0.2, 0) is 4.79 Å². The number of anilines is 1. The third kappa shape index (κ3) is 3.59. The number of rotatable bonds is 6. The molecule has 0 spiro atoms. The Bertz CT molecular complexity index is 497. The fourth-order valence-electron chi connectivity index (χ4n) is 2.76. The van der Waals surface area contributed by atoms with Gasteiger partial charge in [0.1, 0.15) is 0 Å². The third-order valence-electron chi connectivity index (χ3n) is 3.81. The highest BCUT2D eigenvalue weighted by Crippen LogP contribution is 2.46. The molecule has 20 heavy (non-hydrogen) atoms. The SMILES string of the molecule is CC1(C)CC(C(=O)c2ccc(NCCC(=O)O)cc2)C1. The first-order chi connectivity index (χ1) is 9.37. The van der Waals surface area contributed by atoms with Crippen molar-refractivity contribution >= 4 is 17.4 Å². The van der Waals surface area contributed by atoms with Gasteiger partial charge in [-0.1, -0.05) is 13.8 Å². The standard InChI is InChI=1S/C16H21NO3/c1-16(2)9-12(10-16)15(20)11-3-5-13(6-4-11)17-8-7-14(18)19/h3-6,12,17H,7-10H2,1-2H3,(H,18,19). The molecule has 4 heteroatoms. The van der Waals surface area contributed by atoms with Crippen LogP contribution in [0.2, 0.25) is 0 Å². The van der Waals surface area contributed by atoms with E-state index in [-0.39, 0.29) is 18.1 Å². The predicted octanol–water partition coefficient (Wildman–Crippen LogP) is 3.19. The number of hydrogen-bond acceptors (Lipinski definition) is 3. The lowest BCUT2D eigenvalue weighted by molar-refractivity contribution is -0.136. The summed E-state index contributed by atoms with van der Waals surface area (Å²) < 4.78 is 0. The summed E-state index contributed by atoms with van der Waals surface area (Å²) in [6.07, 6.45) is 2.01. The number of aliphatic carboxylic acids is 1. The average Bonchev–Trinajstić information content (AvgIpc) is 2.35. The van der Waals surface area contributed by atoms with Crippen LogP contribution in [0.15, 0.2) is 24.3 Å². The summed E-state index contributed by atoms with van der Waals surface area (Å²) in [6.45, 7) is 4.76. The molecule has 1 fully saturated rings. The van der Waals surface area contributed by atoms with Gasteiger partial charge in [-0.15, -0.1) is 0 Å². The van der Waals surface area contributed by atoms with Gasteiger partial charge in [0.2, 0.25) is 0 Å². The van der Waals surface area contributed by atoms with Crippen LogP contribution >= 0.6 is 0 Å². The minimum Gasteiger partial charge on any atom is -0.481 e. The van der Waals surface area contributed by atoms with Gasteiger partial charge < -0.3 is 10.4 Å². The molecule has 2 rings (SSSR count). The van der Waals surface area contributed by atoms with Gasteiger partial charge in [0, 0.05) is 23.7 Å². The topological polar surface area (TPSA) is 66.4 Å². The summed E-state index contributed by atoms with van der Waals surface area (Å²) >= 11 is 0.